The number of carbonyl (C=O) groups excluding carboxylic acids is 1. The maximum Gasteiger partial charge on any atom is 0.220 e. The van der Waals surface area contributed by atoms with E-state index in [1.807, 2.05) is 0 Å². The van der Waals surface area contributed by atoms with Gasteiger partial charge in [0.15, 0.2) is 0 Å². The molecular formula is C18H33N3O2. The molecule has 2 N–H and O–H groups in total. The van der Waals surface area contributed by atoms with Crippen molar-refractivity contribution in [3.8, 4) is 0 Å². The molecule has 0 saturated carbocycles. The summed E-state index contributed by atoms with van der Waals surface area (Å²) >= 11 is 0. The summed E-state index contributed by atoms with van der Waals surface area (Å²) in [5.41, 5.74) is 0. The maximum absolute atomic E-state index is 12.1. The highest BCUT2D eigenvalue weighted by Crippen LogP contribution is 2.32. The van der Waals surface area contributed by atoms with Crippen molar-refractivity contribution in [3.05, 3.63) is 0 Å². The van der Waals surface area contributed by atoms with Gasteiger partial charge in [0.25, 0.3) is 0 Å². The molecule has 2 bridgehead atoms. The molecule has 3 fully saturated rings. The molecule has 4 atom stereocenters. The highest BCUT2D eigenvalue weighted by molar-refractivity contribution is 5.76. The molecule has 0 spiro atoms. The molecule has 0 aromatic rings. The van der Waals surface area contributed by atoms with Crippen LogP contribution in [0.15, 0.2) is 0 Å². The van der Waals surface area contributed by atoms with Crippen LogP contribution in [0.5, 0.6) is 0 Å². The summed E-state index contributed by atoms with van der Waals surface area (Å²) in [6.07, 6.45) is 7.38. The molecule has 0 aromatic heterocycles. The lowest BCUT2D eigenvalue weighted by atomic mass is 9.89. The molecule has 3 aliphatic rings. The second-order valence-corrected chi connectivity index (χ2v) is 7.90. The zero-order chi connectivity index (χ0) is 16.2. The van der Waals surface area contributed by atoms with Gasteiger partial charge in [-0.3, -0.25) is 9.69 Å². The summed E-state index contributed by atoms with van der Waals surface area (Å²) in [4.78, 5) is 14.6. The highest BCUT2D eigenvalue weighted by atomic mass is 16.5. The fourth-order valence-electron chi connectivity index (χ4n) is 4.67. The summed E-state index contributed by atoms with van der Waals surface area (Å²) in [7, 11) is 0. The first kappa shape index (κ1) is 17.2. The molecule has 5 heteroatoms. The van der Waals surface area contributed by atoms with Crippen molar-refractivity contribution in [1.82, 2.24) is 15.5 Å². The zero-order valence-electron chi connectivity index (χ0n) is 14.7. The SMILES string of the molecule is CC1CN(CCCNC(=O)CC2CC3CCC(C2)N3)CC(C)O1. The highest BCUT2D eigenvalue weighted by Gasteiger charge is 2.34. The van der Waals surface area contributed by atoms with Crippen LogP contribution < -0.4 is 10.6 Å². The van der Waals surface area contributed by atoms with Crippen LogP contribution in [0.3, 0.4) is 0 Å². The molecule has 3 aliphatic heterocycles. The van der Waals surface area contributed by atoms with Gasteiger partial charge in [0.1, 0.15) is 0 Å². The van der Waals surface area contributed by atoms with Crippen molar-refractivity contribution in [3.63, 3.8) is 0 Å². The van der Waals surface area contributed by atoms with Gasteiger partial charge in [-0.05, 0) is 51.9 Å². The van der Waals surface area contributed by atoms with Gasteiger partial charge >= 0.3 is 0 Å². The Kier molecular flexibility index (Phi) is 5.94. The number of ether oxygens (including phenoxy) is 1. The van der Waals surface area contributed by atoms with Crippen LogP contribution in [-0.2, 0) is 9.53 Å². The molecule has 5 nitrogen and oxygen atoms in total. The van der Waals surface area contributed by atoms with Crippen LogP contribution >= 0.6 is 0 Å². The third-order valence-electron chi connectivity index (χ3n) is 5.51. The van der Waals surface area contributed by atoms with Crippen molar-refractivity contribution in [2.75, 3.05) is 26.2 Å². The fourth-order valence-corrected chi connectivity index (χ4v) is 4.67. The van der Waals surface area contributed by atoms with Crippen LogP contribution in [0.25, 0.3) is 0 Å². The largest absolute Gasteiger partial charge is 0.373 e. The van der Waals surface area contributed by atoms with Gasteiger partial charge in [-0.25, -0.2) is 0 Å². The Balaban J connectivity index is 1.28. The lowest BCUT2D eigenvalue weighted by molar-refractivity contribution is -0.122. The van der Waals surface area contributed by atoms with Gasteiger partial charge in [-0.1, -0.05) is 0 Å². The summed E-state index contributed by atoms with van der Waals surface area (Å²) in [6, 6.07) is 1.36. The first-order chi connectivity index (χ1) is 11.1. The Hall–Kier alpha value is -0.650. The van der Waals surface area contributed by atoms with E-state index < -0.39 is 0 Å². The minimum absolute atomic E-state index is 0.250. The van der Waals surface area contributed by atoms with Gasteiger partial charge in [-0.15, -0.1) is 0 Å². The van der Waals surface area contributed by atoms with Gasteiger partial charge in [0, 0.05) is 44.7 Å². The monoisotopic (exact) mass is 323 g/mol. The number of rotatable bonds is 6. The van der Waals surface area contributed by atoms with E-state index >= 15 is 0 Å². The van der Waals surface area contributed by atoms with Gasteiger partial charge < -0.3 is 15.4 Å². The average molecular weight is 323 g/mol. The van der Waals surface area contributed by atoms with Crippen LogP contribution in [-0.4, -0.2) is 61.3 Å². The lowest BCUT2D eigenvalue weighted by Crippen LogP contribution is -2.46. The smallest absolute Gasteiger partial charge is 0.220 e. The van der Waals surface area contributed by atoms with Gasteiger partial charge in [0.2, 0.25) is 5.91 Å². The normalized spacial score (nSPS) is 37.7. The third-order valence-corrected chi connectivity index (χ3v) is 5.51. The Morgan fingerprint density at radius 3 is 2.48 bits per heavy atom. The molecular weight excluding hydrogens is 290 g/mol. The average Bonchev–Trinajstić information content (AvgIpc) is 2.82. The molecule has 3 heterocycles. The van der Waals surface area contributed by atoms with E-state index in [0.29, 0.717) is 30.2 Å². The number of carbonyl (C=O) groups is 1. The molecule has 0 radical (unpaired) electrons. The first-order valence-corrected chi connectivity index (χ1v) is 9.49. The standard InChI is InChI=1S/C18H33N3O2/c1-13-11-21(12-14(2)23-13)7-3-6-19-18(22)10-15-8-16-4-5-17(9-15)20-16/h13-17,20H,3-12H2,1-2H3,(H,19,22). The Labute approximate surface area is 140 Å². The number of fused-ring (bicyclic) bond motifs is 2. The molecule has 1 amide bonds. The zero-order valence-corrected chi connectivity index (χ0v) is 14.7. The molecule has 132 valence electrons. The number of hydrogen-bond donors (Lipinski definition) is 2. The second-order valence-electron chi connectivity index (χ2n) is 7.90. The predicted octanol–water partition coefficient (Wildman–Crippen LogP) is 1.52. The molecule has 4 unspecified atom stereocenters. The Bertz CT molecular complexity index is 382. The third kappa shape index (κ3) is 5.16. The van der Waals surface area contributed by atoms with Crippen molar-refractivity contribution < 1.29 is 9.53 Å². The van der Waals surface area contributed by atoms with Crippen LogP contribution in [0.1, 0.15) is 52.4 Å². The summed E-state index contributed by atoms with van der Waals surface area (Å²) in [5, 5.41) is 6.77. The van der Waals surface area contributed by atoms with Gasteiger partial charge in [0.05, 0.1) is 12.2 Å². The number of piperidine rings is 1. The molecule has 0 aromatic carbocycles. The van der Waals surface area contributed by atoms with Crippen LogP contribution in [0, 0.1) is 5.92 Å². The van der Waals surface area contributed by atoms with E-state index in [0.717, 1.165) is 39.0 Å². The van der Waals surface area contributed by atoms with E-state index in [1.165, 1.54) is 25.7 Å². The van der Waals surface area contributed by atoms with E-state index in [-0.39, 0.29) is 5.91 Å². The Morgan fingerprint density at radius 1 is 1.17 bits per heavy atom. The number of morpholine rings is 1. The van der Waals surface area contributed by atoms with Crippen molar-refractivity contribution in [2.24, 2.45) is 5.92 Å². The van der Waals surface area contributed by atoms with Crippen LogP contribution in [0.2, 0.25) is 0 Å². The summed E-state index contributed by atoms with van der Waals surface area (Å²) < 4.78 is 5.75. The first-order valence-electron chi connectivity index (χ1n) is 9.49. The quantitative estimate of drug-likeness (QED) is 0.728. The number of amides is 1. The Morgan fingerprint density at radius 2 is 1.83 bits per heavy atom. The molecule has 0 aliphatic carbocycles. The predicted molar refractivity (Wildman–Crippen MR) is 91.4 cm³/mol. The summed E-state index contributed by atoms with van der Waals surface area (Å²) in [5.74, 6) is 0.842. The number of hydrogen-bond acceptors (Lipinski definition) is 4. The number of nitrogens with one attached hydrogen (secondary N) is 2. The van der Waals surface area contributed by atoms with Crippen molar-refractivity contribution >= 4 is 5.91 Å². The summed E-state index contributed by atoms with van der Waals surface area (Å²) in [6.45, 7) is 8.14. The van der Waals surface area contributed by atoms with Crippen molar-refractivity contribution in [1.29, 1.82) is 0 Å². The molecule has 3 rings (SSSR count). The van der Waals surface area contributed by atoms with Gasteiger partial charge in [-0.2, -0.15) is 0 Å². The number of nitrogens with zero attached hydrogens (tertiary/aromatic N) is 1. The van der Waals surface area contributed by atoms with E-state index in [2.05, 4.69) is 29.4 Å². The van der Waals surface area contributed by atoms with E-state index in [9.17, 15) is 4.79 Å². The van der Waals surface area contributed by atoms with E-state index in [1.54, 1.807) is 0 Å². The fraction of sp³-hybridized carbons (Fsp3) is 0.944. The van der Waals surface area contributed by atoms with Crippen molar-refractivity contribution in [2.45, 2.75) is 76.7 Å². The topological polar surface area (TPSA) is 53.6 Å². The molecule has 3 saturated heterocycles. The second kappa shape index (κ2) is 7.95. The minimum Gasteiger partial charge on any atom is -0.373 e. The molecule has 23 heavy (non-hydrogen) atoms. The van der Waals surface area contributed by atoms with E-state index in [4.69, 9.17) is 4.74 Å². The lowest BCUT2D eigenvalue weighted by Gasteiger charge is -2.35. The maximum atomic E-state index is 12.1. The van der Waals surface area contributed by atoms with Crippen LogP contribution in [0.4, 0.5) is 0 Å². The minimum atomic E-state index is 0.250.